The Morgan fingerprint density at radius 2 is 1.92 bits per heavy atom. The number of rotatable bonds is 8. The van der Waals surface area contributed by atoms with Crippen molar-refractivity contribution in [2.75, 3.05) is 13.2 Å². The molecule has 1 aromatic carbocycles. The molecule has 1 heterocycles. The normalized spacial score (nSPS) is 10.4. The second-order valence-electron chi connectivity index (χ2n) is 4.79. The van der Waals surface area contributed by atoms with Gasteiger partial charge in [0.15, 0.2) is 12.3 Å². The fourth-order valence-electron chi connectivity index (χ4n) is 1.84. The average Bonchev–Trinajstić information content (AvgIpc) is 2.61. The van der Waals surface area contributed by atoms with Gasteiger partial charge in [-0.3, -0.25) is 9.78 Å². The Kier molecular flexibility index (Phi) is 6.76. The predicted molar refractivity (Wildman–Crippen MR) is 82.1 cm³/mol. The Balaban J connectivity index is 1.67. The van der Waals surface area contributed by atoms with Crippen LogP contribution in [0.2, 0.25) is 0 Å². The number of hydrogen-bond acceptors (Lipinski definition) is 6. The smallest absolute Gasteiger partial charge is 0.387 e. The SMILES string of the molecule is O=C(COC(=O)c1cnccn1)NCCc1ccc(OC(F)F)cc1. The van der Waals surface area contributed by atoms with Gasteiger partial charge in [-0.05, 0) is 24.1 Å². The third kappa shape index (κ3) is 6.50. The summed E-state index contributed by atoms with van der Waals surface area (Å²) in [6.07, 6.45) is 4.48. The molecule has 0 spiro atoms. The van der Waals surface area contributed by atoms with Gasteiger partial charge in [-0.2, -0.15) is 8.78 Å². The summed E-state index contributed by atoms with van der Waals surface area (Å²) in [6.45, 7) is -3.00. The minimum atomic E-state index is -2.87. The molecule has 0 bridgehead atoms. The molecule has 0 unspecified atom stereocenters. The molecule has 0 fully saturated rings. The van der Waals surface area contributed by atoms with Crippen LogP contribution in [0.25, 0.3) is 0 Å². The molecule has 0 aliphatic rings. The zero-order chi connectivity index (χ0) is 18.1. The highest BCUT2D eigenvalue weighted by molar-refractivity contribution is 5.89. The quantitative estimate of drug-likeness (QED) is 0.727. The lowest BCUT2D eigenvalue weighted by Crippen LogP contribution is -2.30. The van der Waals surface area contributed by atoms with Crippen LogP contribution in [0.15, 0.2) is 42.9 Å². The number of ether oxygens (including phenoxy) is 2. The molecule has 0 saturated carbocycles. The highest BCUT2D eigenvalue weighted by Crippen LogP contribution is 2.14. The Hall–Kier alpha value is -3.10. The number of nitrogens with zero attached hydrogens (tertiary/aromatic N) is 2. The summed E-state index contributed by atoms with van der Waals surface area (Å²) in [6, 6.07) is 6.09. The summed E-state index contributed by atoms with van der Waals surface area (Å²) in [5.41, 5.74) is 0.847. The van der Waals surface area contributed by atoms with Crippen molar-refractivity contribution < 1.29 is 27.8 Å². The molecule has 132 valence electrons. The molecule has 0 saturated heterocycles. The van der Waals surface area contributed by atoms with Gasteiger partial charge in [0.25, 0.3) is 5.91 Å². The Labute approximate surface area is 142 Å². The number of amides is 1. The van der Waals surface area contributed by atoms with Crippen LogP contribution in [-0.2, 0) is 16.0 Å². The summed E-state index contributed by atoms with van der Waals surface area (Å²) in [5.74, 6) is -1.13. The van der Waals surface area contributed by atoms with Crippen molar-refractivity contribution in [1.29, 1.82) is 0 Å². The van der Waals surface area contributed by atoms with E-state index in [4.69, 9.17) is 4.74 Å². The zero-order valence-electron chi connectivity index (χ0n) is 13.0. The number of nitrogens with one attached hydrogen (secondary N) is 1. The topological polar surface area (TPSA) is 90.4 Å². The van der Waals surface area contributed by atoms with E-state index in [0.717, 1.165) is 5.56 Å². The van der Waals surface area contributed by atoms with E-state index in [2.05, 4.69) is 20.0 Å². The van der Waals surface area contributed by atoms with Gasteiger partial charge in [0.2, 0.25) is 0 Å². The minimum absolute atomic E-state index is 0.0152. The maximum Gasteiger partial charge on any atom is 0.387 e. The van der Waals surface area contributed by atoms with E-state index in [1.807, 2.05) is 0 Å². The number of carbonyl (C=O) groups is 2. The summed E-state index contributed by atoms with van der Waals surface area (Å²) in [4.78, 5) is 30.7. The third-order valence-electron chi connectivity index (χ3n) is 2.99. The predicted octanol–water partition coefficient (Wildman–Crippen LogP) is 1.59. The Morgan fingerprint density at radius 1 is 1.16 bits per heavy atom. The van der Waals surface area contributed by atoms with Crippen molar-refractivity contribution in [1.82, 2.24) is 15.3 Å². The van der Waals surface area contributed by atoms with Crippen LogP contribution >= 0.6 is 0 Å². The molecule has 1 N–H and O–H groups in total. The van der Waals surface area contributed by atoms with Gasteiger partial charge in [-0.1, -0.05) is 12.1 Å². The third-order valence-corrected chi connectivity index (χ3v) is 2.99. The van der Waals surface area contributed by atoms with Crippen molar-refractivity contribution in [3.05, 3.63) is 54.1 Å². The Morgan fingerprint density at radius 3 is 2.56 bits per heavy atom. The number of carbonyl (C=O) groups excluding carboxylic acids is 2. The molecular weight excluding hydrogens is 336 g/mol. The van der Waals surface area contributed by atoms with Gasteiger partial charge in [0.1, 0.15) is 5.75 Å². The monoisotopic (exact) mass is 351 g/mol. The number of hydrogen-bond donors (Lipinski definition) is 1. The van der Waals surface area contributed by atoms with E-state index in [0.29, 0.717) is 13.0 Å². The second-order valence-corrected chi connectivity index (χ2v) is 4.79. The average molecular weight is 351 g/mol. The van der Waals surface area contributed by atoms with E-state index in [1.54, 1.807) is 12.1 Å². The van der Waals surface area contributed by atoms with E-state index >= 15 is 0 Å². The molecule has 7 nitrogen and oxygen atoms in total. The lowest BCUT2D eigenvalue weighted by molar-refractivity contribution is -0.124. The maximum absolute atomic E-state index is 12.0. The van der Waals surface area contributed by atoms with Crippen LogP contribution < -0.4 is 10.1 Å². The summed E-state index contributed by atoms with van der Waals surface area (Å²) in [5, 5.41) is 2.58. The maximum atomic E-state index is 12.0. The van der Waals surface area contributed by atoms with Crippen molar-refractivity contribution >= 4 is 11.9 Å². The van der Waals surface area contributed by atoms with E-state index < -0.39 is 25.1 Å². The van der Waals surface area contributed by atoms with Gasteiger partial charge < -0.3 is 14.8 Å². The van der Waals surface area contributed by atoms with Gasteiger partial charge in [-0.25, -0.2) is 9.78 Å². The lowest BCUT2D eigenvalue weighted by Gasteiger charge is -2.07. The molecule has 9 heteroatoms. The van der Waals surface area contributed by atoms with Crippen LogP contribution in [-0.4, -0.2) is 41.6 Å². The number of halogens is 2. The molecule has 0 aliphatic heterocycles. The molecule has 2 aromatic rings. The first kappa shape index (κ1) is 18.2. The molecule has 25 heavy (non-hydrogen) atoms. The highest BCUT2D eigenvalue weighted by atomic mass is 19.3. The number of aromatic nitrogens is 2. The molecule has 0 atom stereocenters. The van der Waals surface area contributed by atoms with Gasteiger partial charge in [0, 0.05) is 18.9 Å². The van der Waals surface area contributed by atoms with Crippen molar-refractivity contribution in [3.63, 3.8) is 0 Å². The standard InChI is InChI=1S/C16H15F2N3O4/c17-16(18)25-12-3-1-11(2-4-12)5-6-21-14(22)10-24-15(23)13-9-19-7-8-20-13/h1-4,7-9,16H,5-6,10H2,(H,21,22). The highest BCUT2D eigenvalue weighted by Gasteiger charge is 2.11. The Bertz CT molecular complexity index is 696. The number of alkyl halides is 2. The summed E-state index contributed by atoms with van der Waals surface area (Å²) in [7, 11) is 0. The molecule has 1 aromatic heterocycles. The first-order chi connectivity index (χ1) is 12.0. The van der Waals surface area contributed by atoms with Crippen LogP contribution in [0.1, 0.15) is 16.1 Å². The van der Waals surface area contributed by atoms with Crippen LogP contribution in [0, 0.1) is 0 Å². The van der Waals surface area contributed by atoms with E-state index in [1.165, 1.54) is 30.7 Å². The van der Waals surface area contributed by atoms with Gasteiger partial charge in [-0.15, -0.1) is 0 Å². The first-order valence-corrected chi connectivity index (χ1v) is 7.28. The van der Waals surface area contributed by atoms with Crippen LogP contribution in [0.3, 0.4) is 0 Å². The summed E-state index contributed by atoms with van der Waals surface area (Å²) >= 11 is 0. The molecule has 0 aliphatic carbocycles. The molecule has 2 rings (SSSR count). The van der Waals surface area contributed by atoms with Crippen LogP contribution in [0.5, 0.6) is 5.75 Å². The fourth-order valence-corrected chi connectivity index (χ4v) is 1.84. The van der Waals surface area contributed by atoms with E-state index in [9.17, 15) is 18.4 Å². The molecule has 0 radical (unpaired) electrons. The van der Waals surface area contributed by atoms with Crippen molar-refractivity contribution in [2.45, 2.75) is 13.0 Å². The van der Waals surface area contributed by atoms with Gasteiger partial charge in [0.05, 0.1) is 6.20 Å². The molecular formula is C16H15F2N3O4. The lowest BCUT2D eigenvalue weighted by atomic mass is 10.1. The van der Waals surface area contributed by atoms with Crippen molar-refractivity contribution in [3.8, 4) is 5.75 Å². The van der Waals surface area contributed by atoms with Gasteiger partial charge >= 0.3 is 12.6 Å². The number of esters is 1. The molecule has 1 amide bonds. The van der Waals surface area contributed by atoms with E-state index in [-0.39, 0.29) is 11.4 Å². The first-order valence-electron chi connectivity index (χ1n) is 7.28. The minimum Gasteiger partial charge on any atom is -0.451 e. The second kappa shape index (κ2) is 9.26. The van der Waals surface area contributed by atoms with Crippen molar-refractivity contribution in [2.24, 2.45) is 0 Å². The number of benzene rings is 1. The van der Waals surface area contributed by atoms with Crippen LogP contribution in [0.4, 0.5) is 8.78 Å². The fraction of sp³-hybridized carbons (Fsp3) is 0.250. The summed E-state index contributed by atoms with van der Waals surface area (Å²) < 4.78 is 33.1. The largest absolute Gasteiger partial charge is 0.451 e. The zero-order valence-corrected chi connectivity index (χ0v) is 13.0.